The predicted octanol–water partition coefficient (Wildman–Crippen LogP) is 0.274. The Bertz CT molecular complexity index is 296. The summed E-state index contributed by atoms with van der Waals surface area (Å²) < 4.78 is 0. The molecule has 1 fully saturated rings. The maximum atomic E-state index is 12.0. The standard InChI is InChI=1S/C12H23N3O2/c1-8(9(2)13)10(16)15-12(11(14)17)6-4-3-5-7-12/h8-9H,3-7,13H2,1-2H3,(H2,14,17)(H,15,16). The van der Waals surface area contributed by atoms with E-state index >= 15 is 0 Å². The molecule has 1 aliphatic carbocycles. The van der Waals surface area contributed by atoms with Gasteiger partial charge in [-0.1, -0.05) is 26.2 Å². The van der Waals surface area contributed by atoms with Gasteiger partial charge in [-0.15, -0.1) is 0 Å². The highest BCUT2D eigenvalue weighted by molar-refractivity contribution is 5.91. The van der Waals surface area contributed by atoms with Gasteiger partial charge in [0.05, 0.1) is 0 Å². The van der Waals surface area contributed by atoms with Crippen LogP contribution in [-0.4, -0.2) is 23.4 Å². The van der Waals surface area contributed by atoms with E-state index in [1.54, 1.807) is 13.8 Å². The first-order chi connectivity index (χ1) is 7.89. The molecule has 0 saturated heterocycles. The summed E-state index contributed by atoms with van der Waals surface area (Å²) in [5, 5.41) is 2.82. The molecule has 0 aromatic carbocycles. The van der Waals surface area contributed by atoms with Gasteiger partial charge in [0.15, 0.2) is 0 Å². The molecule has 0 heterocycles. The third kappa shape index (κ3) is 3.19. The van der Waals surface area contributed by atoms with Crippen molar-refractivity contribution >= 4 is 11.8 Å². The Morgan fingerprint density at radius 3 is 2.12 bits per heavy atom. The Kier molecular flexibility index (Phi) is 4.51. The number of nitrogens with one attached hydrogen (secondary N) is 1. The van der Waals surface area contributed by atoms with E-state index in [1.165, 1.54) is 0 Å². The molecular weight excluding hydrogens is 218 g/mol. The Balaban J connectivity index is 2.73. The third-order valence-corrected chi connectivity index (χ3v) is 3.74. The number of carbonyl (C=O) groups is 2. The fourth-order valence-electron chi connectivity index (χ4n) is 2.18. The molecule has 0 spiro atoms. The van der Waals surface area contributed by atoms with Crippen molar-refractivity contribution in [3.05, 3.63) is 0 Å². The predicted molar refractivity (Wildman–Crippen MR) is 66.0 cm³/mol. The molecule has 5 nitrogen and oxygen atoms in total. The second-order valence-corrected chi connectivity index (χ2v) is 5.14. The second kappa shape index (κ2) is 5.49. The summed E-state index contributed by atoms with van der Waals surface area (Å²) in [6, 6.07) is -0.233. The molecule has 1 aliphatic rings. The molecule has 0 bridgehead atoms. The second-order valence-electron chi connectivity index (χ2n) is 5.14. The molecule has 1 rings (SSSR count). The van der Waals surface area contributed by atoms with Crippen LogP contribution in [0.4, 0.5) is 0 Å². The summed E-state index contributed by atoms with van der Waals surface area (Å²) in [4.78, 5) is 23.5. The monoisotopic (exact) mass is 241 g/mol. The molecule has 0 radical (unpaired) electrons. The average Bonchev–Trinajstić information content (AvgIpc) is 2.28. The molecule has 2 atom stereocenters. The number of nitrogens with two attached hydrogens (primary N) is 2. The molecule has 5 heteroatoms. The summed E-state index contributed by atoms with van der Waals surface area (Å²) >= 11 is 0. The van der Waals surface area contributed by atoms with Crippen LogP contribution in [0, 0.1) is 5.92 Å². The molecule has 1 saturated carbocycles. The lowest BCUT2D eigenvalue weighted by Crippen LogP contribution is -2.60. The normalized spacial score (nSPS) is 22.5. The van der Waals surface area contributed by atoms with Gasteiger partial charge in [-0.3, -0.25) is 9.59 Å². The highest BCUT2D eigenvalue weighted by atomic mass is 16.2. The van der Waals surface area contributed by atoms with Crippen molar-refractivity contribution in [2.75, 3.05) is 0 Å². The van der Waals surface area contributed by atoms with Crippen LogP contribution in [0.5, 0.6) is 0 Å². The molecule has 17 heavy (non-hydrogen) atoms. The van der Waals surface area contributed by atoms with Gasteiger partial charge in [-0.25, -0.2) is 0 Å². The summed E-state index contributed by atoms with van der Waals surface area (Å²) in [6.07, 6.45) is 4.22. The molecule has 2 amide bonds. The Labute approximate surface area is 102 Å². The van der Waals surface area contributed by atoms with Crippen LogP contribution >= 0.6 is 0 Å². The van der Waals surface area contributed by atoms with Crippen LogP contribution in [0.25, 0.3) is 0 Å². The molecule has 0 aliphatic heterocycles. The lowest BCUT2D eigenvalue weighted by atomic mass is 9.80. The summed E-state index contributed by atoms with van der Waals surface area (Å²) in [7, 11) is 0. The van der Waals surface area contributed by atoms with E-state index in [0.29, 0.717) is 12.8 Å². The first-order valence-corrected chi connectivity index (χ1v) is 6.26. The van der Waals surface area contributed by atoms with Crippen LogP contribution in [-0.2, 0) is 9.59 Å². The van der Waals surface area contributed by atoms with Crippen LogP contribution in [0.3, 0.4) is 0 Å². The van der Waals surface area contributed by atoms with E-state index in [2.05, 4.69) is 5.32 Å². The number of amides is 2. The van der Waals surface area contributed by atoms with Crippen molar-refractivity contribution in [1.82, 2.24) is 5.32 Å². The number of hydrogen-bond acceptors (Lipinski definition) is 3. The zero-order valence-corrected chi connectivity index (χ0v) is 10.7. The van der Waals surface area contributed by atoms with E-state index in [4.69, 9.17) is 11.5 Å². The minimum absolute atomic E-state index is 0.180. The first-order valence-electron chi connectivity index (χ1n) is 6.26. The van der Waals surface area contributed by atoms with Crippen LogP contribution < -0.4 is 16.8 Å². The first kappa shape index (κ1) is 14.0. The van der Waals surface area contributed by atoms with Gasteiger partial charge in [0.2, 0.25) is 11.8 Å². The van der Waals surface area contributed by atoms with Gasteiger partial charge in [-0.2, -0.15) is 0 Å². The van der Waals surface area contributed by atoms with Crippen molar-refractivity contribution in [1.29, 1.82) is 0 Å². The average molecular weight is 241 g/mol. The zero-order chi connectivity index (χ0) is 13.1. The lowest BCUT2D eigenvalue weighted by molar-refractivity contribution is -0.135. The zero-order valence-electron chi connectivity index (χ0n) is 10.7. The van der Waals surface area contributed by atoms with E-state index in [-0.39, 0.29) is 17.9 Å². The molecule has 0 aromatic heterocycles. The van der Waals surface area contributed by atoms with Crippen LogP contribution in [0.2, 0.25) is 0 Å². The minimum Gasteiger partial charge on any atom is -0.368 e. The van der Waals surface area contributed by atoms with Crippen molar-refractivity contribution < 1.29 is 9.59 Å². The van der Waals surface area contributed by atoms with Gasteiger partial charge in [0.25, 0.3) is 0 Å². The van der Waals surface area contributed by atoms with E-state index < -0.39 is 11.4 Å². The van der Waals surface area contributed by atoms with Gasteiger partial charge in [0, 0.05) is 12.0 Å². The maximum absolute atomic E-state index is 12.0. The third-order valence-electron chi connectivity index (χ3n) is 3.74. The minimum atomic E-state index is -0.849. The van der Waals surface area contributed by atoms with Gasteiger partial charge < -0.3 is 16.8 Å². The van der Waals surface area contributed by atoms with Crippen LogP contribution in [0.1, 0.15) is 46.0 Å². The highest BCUT2D eigenvalue weighted by Crippen LogP contribution is 2.28. The van der Waals surface area contributed by atoms with Gasteiger partial charge >= 0.3 is 0 Å². The molecule has 0 aromatic rings. The highest BCUT2D eigenvalue weighted by Gasteiger charge is 2.40. The number of rotatable bonds is 4. The smallest absolute Gasteiger partial charge is 0.243 e. The Hall–Kier alpha value is -1.10. The van der Waals surface area contributed by atoms with E-state index in [0.717, 1.165) is 19.3 Å². The van der Waals surface area contributed by atoms with Crippen LogP contribution in [0.15, 0.2) is 0 Å². The van der Waals surface area contributed by atoms with Crippen molar-refractivity contribution in [2.24, 2.45) is 17.4 Å². The fourth-order valence-corrected chi connectivity index (χ4v) is 2.18. The molecule has 2 unspecified atom stereocenters. The fraction of sp³-hybridized carbons (Fsp3) is 0.833. The summed E-state index contributed by atoms with van der Waals surface area (Å²) in [5.74, 6) is -0.920. The molecular formula is C12H23N3O2. The maximum Gasteiger partial charge on any atom is 0.243 e. The topological polar surface area (TPSA) is 98.2 Å². The molecule has 5 N–H and O–H groups in total. The van der Waals surface area contributed by atoms with Gasteiger partial charge in [0.1, 0.15) is 5.54 Å². The Morgan fingerprint density at radius 1 is 1.18 bits per heavy atom. The number of carbonyl (C=O) groups excluding carboxylic acids is 2. The number of hydrogen-bond donors (Lipinski definition) is 3. The summed E-state index contributed by atoms with van der Waals surface area (Å²) in [5.41, 5.74) is 10.3. The van der Waals surface area contributed by atoms with Crippen molar-refractivity contribution in [3.63, 3.8) is 0 Å². The van der Waals surface area contributed by atoms with Crippen molar-refractivity contribution in [3.8, 4) is 0 Å². The molecule has 98 valence electrons. The summed E-state index contributed by atoms with van der Waals surface area (Å²) in [6.45, 7) is 3.54. The van der Waals surface area contributed by atoms with Crippen molar-refractivity contribution in [2.45, 2.75) is 57.5 Å². The quantitative estimate of drug-likeness (QED) is 0.659. The Morgan fingerprint density at radius 2 is 1.71 bits per heavy atom. The van der Waals surface area contributed by atoms with Gasteiger partial charge in [-0.05, 0) is 19.8 Å². The van der Waals surface area contributed by atoms with E-state index in [9.17, 15) is 9.59 Å². The van der Waals surface area contributed by atoms with E-state index in [1.807, 2.05) is 0 Å². The number of primary amides is 1. The lowest BCUT2D eigenvalue weighted by Gasteiger charge is -2.36. The largest absolute Gasteiger partial charge is 0.368 e. The SMILES string of the molecule is CC(N)C(C)C(=O)NC1(C(N)=O)CCCCC1.